The van der Waals surface area contributed by atoms with Crippen LogP contribution >= 0.6 is 0 Å². The molecule has 0 aromatic carbocycles. The molecule has 3 atom stereocenters. The van der Waals surface area contributed by atoms with E-state index in [0.717, 1.165) is 26.2 Å². The summed E-state index contributed by atoms with van der Waals surface area (Å²) in [5, 5.41) is 3.32. The van der Waals surface area contributed by atoms with Gasteiger partial charge in [0.25, 0.3) is 0 Å². The van der Waals surface area contributed by atoms with Gasteiger partial charge < -0.3 is 15.1 Å². The summed E-state index contributed by atoms with van der Waals surface area (Å²) >= 11 is 0. The largest absolute Gasteiger partial charge is 0.338 e. The predicted molar refractivity (Wildman–Crippen MR) is 68.8 cm³/mol. The number of nitrogens with one attached hydrogen (secondary N) is 1. The van der Waals surface area contributed by atoms with Crippen LogP contribution in [0.1, 0.15) is 19.8 Å². The summed E-state index contributed by atoms with van der Waals surface area (Å²) in [5.41, 5.74) is 0. The van der Waals surface area contributed by atoms with Crippen molar-refractivity contribution in [2.45, 2.75) is 25.8 Å². The SMILES string of the molecule is C[C@@H]1CNC[C@H]1C(=O)N1CCCC1CN(C)C. The molecule has 2 rings (SSSR count). The van der Waals surface area contributed by atoms with Crippen LogP contribution < -0.4 is 5.32 Å². The second-order valence-corrected chi connectivity index (χ2v) is 5.83. The maximum absolute atomic E-state index is 12.5. The lowest BCUT2D eigenvalue weighted by Gasteiger charge is -2.30. The number of rotatable bonds is 3. The van der Waals surface area contributed by atoms with Gasteiger partial charge in [0, 0.05) is 25.7 Å². The Labute approximate surface area is 104 Å². The van der Waals surface area contributed by atoms with E-state index in [1.807, 2.05) is 0 Å². The highest BCUT2D eigenvalue weighted by Crippen LogP contribution is 2.25. The first-order chi connectivity index (χ1) is 8.09. The van der Waals surface area contributed by atoms with Crippen LogP contribution in [0.15, 0.2) is 0 Å². The lowest BCUT2D eigenvalue weighted by atomic mass is 9.96. The van der Waals surface area contributed by atoms with Crippen molar-refractivity contribution in [3.63, 3.8) is 0 Å². The van der Waals surface area contributed by atoms with Gasteiger partial charge in [-0.15, -0.1) is 0 Å². The predicted octanol–water partition coefficient (Wildman–Crippen LogP) is 0.395. The molecule has 4 nitrogen and oxygen atoms in total. The standard InChI is InChI=1S/C13H25N3O/c1-10-7-14-8-12(10)13(17)16-6-4-5-11(16)9-15(2)3/h10-12,14H,4-9H2,1-3H3/t10-,11?,12-/m1/s1. The highest BCUT2D eigenvalue weighted by molar-refractivity contribution is 5.80. The molecule has 0 aromatic heterocycles. The Bertz CT molecular complexity index is 280. The first-order valence-corrected chi connectivity index (χ1v) is 6.75. The Kier molecular flexibility index (Phi) is 4.05. The van der Waals surface area contributed by atoms with Crippen molar-refractivity contribution < 1.29 is 4.79 Å². The van der Waals surface area contributed by atoms with Gasteiger partial charge in [-0.2, -0.15) is 0 Å². The van der Waals surface area contributed by atoms with E-state index in [4.69, 9.17) is 0 Å². The third-order valence-corrected chi connectivity index (χ3v) is 4.07. The average Bonchev–Trinajstić information content (AvgIpc) is 2.85. The molecule has 0 spiro atoms. The maximum atomic E-state index is 12.5. The Morgan fingerprint density at radius 2 is 2.18 bits per heavy atom. The highest BCUT2D eigenvalue weighted by Gasteiger charge is 2.37. The van der Waals surface area contributed by atoms with Gasteiger partial charge in [0.2, 0.25) is 5.91 Å². The summed E-state index contributed by atoms with van der Waals surface area (Å²) < 4.78 is 0. The van der Waals surface area contributed by atoms with Gasteiger partial charge in [0.15, 0.2) is 0 Å². The molecule has 2 heterocycles. The van der Waals surface area contributed by atoms with Gasteiger partial charge in [-0.25, -0.2) is 0 Å². The van der Waals surface area contributed by atoms with Crippen LogP contribution in [0.4, 0.5) is 0 Å². The van der Waals surface area contributed by atoms with E-state index < -0.39 is 0 Å². The number of hydrogen-bond acceptors (Lipinski definition) is 3. The van der Waals surface area contributed by atoms with E-state index in [1.165, 1.54) is 12.8 Å². The minimum Gasteiger partial charge on any atom is -0.338 e. The summed E-state index contributed by atoms with van der Waals surface area (Å²) in [5.74, 6) is 1.08. The molecule has 1 amide bonds. The molecule has 2 aliphatic rings. The Balaban J connectivity index is 1.97. The minimum atomic E-state index is 0.206. The van der Waals surface area contributed by atoms with Gasteiger partial charge >= 0.3 is 0 Å². The number of carbonyl (C=O) groups is 1. The molecule has 2 fully saturated rings. The quantitative estimate of drug-likeness (QED) is 0.774. The third kappa shape index (κ3) is 2.80. The van der Waals surface area contributed by atoms with Crippen molar-refractivity contribution in [3.05, 3.63) is 0 Å². The van der Waals surface area contributed by atoms with Crippen LogP contribution in [0, 0.1) is 11.8 Å². The molecule has 98 valence electrons. The number of amides is 1. The molecule has 0 aromatic rings. The summed E-state index contributed by atoms with van der Waals surface area (Å²) in [6.07, 6.45) is 2.33. The van der Waals surface area contributed by atoms with Crippen molar-refractivity contribution in [2.24, 2.45) is 11.8 Å². The molecule has 2 aliphatic heterocycles. The molecular weight excluding hydrogens is 214 g/mol. The molecule has 2 saturated heterocycles. The fourth-order valence-electron chi connectivity index (χ4n) is 3.09. The molecule has 0 radical (unpaired) electrons. The first kappa shape index (κ1) is 12.8. The molecule has 1 N–H and O–H groups in total. The van der Waals surface area contributed by atoms with E-state index in [2.05, 4.69) is 36.1 Å². The summed E-state index contributed by atoms with van der Waals surface area (Å²) in [6, 6.07) is 0.435. The van der Waals surface area contributed by atoms with Crippen molar-refractivity contribution in [1.82, 2.24) is 15.1 Å². The van der Waals surface area contributed by atoms with Crippen LogP contribution in [-0.2, 0) is 4.79 Å². The zero-order chi connectivity index (χ0) is 12.4. The monoisotopic (exact) mass is 239 g/mol. The summed E-state index contributed by atoms with van der Waals surface area (Å²) in [4.78, 5) is 16.8. The second-order valence-electron chi connectivity index (χ2n) is 5.83. The second kappa shape index (κ2) is 5.36. The van der Waals surface area contributed by atoms with Gasteiger partial charge in [-0.3, -0.25) is 4.79 Å². The lowest BCUT2D eigenvalue weighted by molar-refractivity contribution is -0.137. The zero-order valence-corrected chi connectivity index (χ0v) is 11.3. The van der Waals surface area contributed by atoms with Gasteiger partial charge in [0.1, 0.15) is 0 Å². The number of likely N-dealkylation sites (N-methyl/N-ethyl adjacent to an activating group) is 1. The number of nitrogens with zero attached hydrogens (tertiary/aromatic N) is 2. The fourth-order valence-corrected chi connectivity index (χ4v) is 3.09. The van der Waals surface area contributed by atoms with Crippen molar-refractivity contribution in [1.29, 1.82) is 0 Å². The van der Waals surface area contributed by atoms with E-state index >= 15 is 0 Å². The van der Waals surface area contributed by atoms with Crippen molar-refractivity contribution in [3.8, 4) is 0 Å². The minimum absolute atomic E-state index is 0.206. The first-order valence-electron chi connectivity index (χ1n) is 6.75. The van der Waals surface area contributed by atoms with Crippen molar-refractivity contribution >= 4 is 5.91 Å². The normalized spacial score (nSPS) is 33.6. The smallest absolute Gasteiger partial charge is 0.227 e. The summed E-state index contributed by atoms with van der Waals surface area (Å²) in [6.45, 7) is 5.99. The molecular formula is C13H25N3O. The Hall–Kier alpha value is -0.610. The van der Waals surface area contributed by atoms with Gasteiger partial charge in [-0.05, 0) is 39.4 Å². The summed E-state index contributed by atoms with van der Waals surface area (Å²) in [7, 11) is 4.17. The number of likely N-dealkylation sites (tertiary alicyclic amines) is 1. The van der Waals surface area contributed by atoms with E-state index in [9.17, 15) is 4.79 Å². The maximum Gasteiger partial charge on any atom is 0.227 e. The molecule has 0 bridgehead atoms. The Morgan fingerprint density at radius 1 is 1.41 bits per heavy atom. The molecule has 1 unspecified atom stereocenters. The van der Waals surface area contributed by atoms with Gasteiger partial charge in [-0.1, -0.05) is 6.92 Å². The fraction of sp³-hybridized carbons (Fsp3) is 0.923. The van der Waals surface area contributed by atoms with E-state index in [1.54, 1.807) is 0 Å². The number of carbonyl (C=O) groups excluding carboxylic acids is 1. The lowest BCUT2D eigenvalue weighted by Crippen LogP contribution is -2.45. The topological polar surface area (TPSA) is 35.6 Å². The van der Waals surface area contributed by atoms with E-state index in [0.29, 0.717) is 17.9 Å². The van der Waals surface area contributed by atoms with Crippen LogP contribution in [0.25, 0.3) is 0 Å². The molecule has 0 aliphatic carbocycles. The van der Waals surface area contributed by atoms with Gasteiger partial charge in [0.05, 0.1) is 5.92 Å². The molecule has 4 heteroatoms. The van der Waals surface area contributed by atoms with Crippen molar-refractivity contribution in [2.75, 3.05) is 40.3 Å². The zero-order valence-electron chi connectivity index (χ0n) is 11.3. The highest BCUT2D eigenvalue weighted by atomic mass is 16.2. The molecule has 0 saturated carbocycles. The molecule has 17 heavy (non-hydrogen) atoms. The van der Waals surface area contributed by atoms with Crippen LogP contribution in [0.2, 0.25) is 0 Å². The third-order valence-electron chi connectivity index (χ3n) is 4.07. The average molecular weight is 239 g/mol. The number of hydrogen-bond donors (Lipinski definition) is 1. The van der Waals surface area contributed by atoms with Crippen LogP contribution in [0.5, 0.6) is 0 Å². The van der Waals surface area contributed by atoms with E-state index in [-0.39, 0.29) is 5.92 Å². The van der Waals surface area contributed by atoms with Crippen LogP contribution in [0.3, 0.4) is 0 Å². The Morgan fingerprint density at radius 3 is 2.76 bits per heavy atom. The van der Waals surface area contributed by atoms with Crippen LogP contribution in [-0.4, -0.2) is 62.0 Å².